The maximum absolute atomic E-state index is 14.8. The van der Waals surface area contributed by atoms with Crippen LogP contribution in [-0.4, -0.2) is 83.7 Å². The number of nitrogens with one attached hydrogen (secondary N) is 2. The Morgan fingerprint density at radius 2 is 1.94 bits per heavy atom. The quantitative estimate of drug-likeness (QED) is 0.533. The summed E-state index contributed by atoms with van der Waals surface area (Å²) in [7, 11) is 0. The van der Waals surface area contributed by atoms with Gasteiger partial charge in [-0.25, -0.2) is 9.18 Å². The fraction of sp³-hybridized carbons (Fsp3) is 0.609. The highest BCUT2D eigenvalue weighted by Crippen LogP contribution is 2.25. The molecule has 1 unspecified atom stereocenters. The monoisotopic (exact) mass is 463 g/mol. The smallest absolute Gasteiger partial charge is 0.407 e. The van der Waals surface area contributed by atoms with Crippen molar-refractivity contribution in [2.45, 2.75) is 51.6 Å². The van der Waals surface area contributed by atoms with Gasteiger partial charge in [0.05, 0.1) is 5.69 Å². The number of rotatable bonds is 7. The van der Waals surface area contributed by atoms with Crippen molar-refractivity contribution in [3.8, 4) is 0 Å². The number of piperazine rings is 1. The van der Waals surface area contributed by atoms with Gasteiger partial charge in [0.25, 0.3) is 0 Å². The van der Waals surface area contributed by atoms with E-state index in [1.165, 1.54) is 11.0 Å². The number of carboxylic acid groups (broad SMARTS) is 1. The fourth-order valence-electron chi connectivity index (χ4n) is 4.27. The largest absolute Gasteiger partial charge is 0.465 e. The second-order valence-electron chi connectivity index (χ2n) is 9.60. The molecule has 2 aliphatic rings. The van der Waals surface area contributed by atoms with Crippen LogP contribution in [0.5, 0.6) is 0 Å². The maximum Gasteiger partial charge on any atom is 0.407 e. The van der Waals surface area contributed by atoms with Gasteiger partial charge < -0.3 is 20.2 Å². The van der Waals surface area contributed by atoms with Crippen molar-refractivity contribution < 1.29 is 23.9 Å². The van der Waals surface area contributed by atoms with Crippen molar-refractivity contribution in [2.75, 3.05) is 49.5 Å². The second kappa shape index (κ2) is 10.4. The molecule has 3 rings (SSSR count). The highest BCUT2D eigenvalue weighted by molar-refractivity contribution is 6.01. The lowest BCUT2D eigenvalue weighted by Gasteiger charge is -2.37. The van der Waals surface area contributed by atoms with Gasteiger partial charge in [-0.15, -0.1) is 0 Å². The molecule has 1 atom stereocenters. The molecule has 9 nitrogen and oxygen atoms in total. The molecule has 0 aromatic heterocycles. The summed E-state index contributed by atoms with van der Waals surface area (Å²) in [5.41, 5.74) is 0.598. The minimum absolute atomic E-state index is 0.263. The fourth-order valence-corrected chi connectivity index (χ4v) is 4.27. The van der Waals surface area contributed by atoms with Gasteiger partial charge in [-0.05, 0) is 58.4 Å². The molecule has 0 bridgehead atoms. The molecule has 2 aliphatic heterocycles. The number of benzene rings is 1. The molecule has 3 amide bonds. The van der Waals surface area contributed by atoms with E-state index in [0.29, 0.717) is 37.4 Å². The third kappa shape index (κ3) is 6.56. The van der Waals surface area contributed by atoms with E-state index < -0.39 is 17.7 Å². The van der Waals surface area contributed by atoms with Crippen LogP contribution < -0.4 is 15.5 Å². The Morgan fingerprint density at radius 3 is 2.52 bits per heavy atom. The molecule has 1 aromatic carbocycles. The zero-order valence-electron chi connectivity index (χ0n) is 19.6. The van der Waals surface area contributed by atoms with Gasteiger partial charge in [-0.1, -0.05) is 0 Å². The van der Waals surface area contributed by atoms with Crippen molar-refractivity contribution >= 4 is 29.3 Å². The summed E-state index contributed by atoms with van der Waals surface area (Å²) in [4.78, 5) is 40.4. The number of hydrogen-bond donors (Lipinski definition) is 3. The maximum atomic E-state index is 14.8. The zero-order valence-corrected chi connectivity index (χ0v) is 19.6. The number of carbonyl (C=O) groups is 3. The van der Waals surface area contributed by atoms with E-state index in [0.717, 1.165) is 26.1 Å². The van der Waals surface area contributed by atoms with Crippen LogP contribution in [0.25, 0.3) is 0 Å². The number of nitrogens with zero attached hydrogens (tertiary/aromatic N) is 3. The Balaban J connectivity index is 1.48. The molecular formula is C23H34FN5O4. The molecule has 10 heteroatoms. The van der Waals surface area contributed by atoms with E-state index in [4.69, 9.17) is 0 Å². The number of imide groups is 1. The molecular weight excluding hydrogens is 429 g/mol. The minimum Gasteiger partial charge on any atom is -0.465 e. The van der Waals surface area contributed by atoms with E-state index in [1.54, 1.807) is 12.1 Å². The first-order valence-corrected chi connectivity index (χ1v) is 11.4. The normalized spacial score (nSPS) is 19.9. The Bertz CT molecular complexity index is 880. The van der Waals surface area contributed by atoms with Crippen molar-refractivity contribution in [3.63, 3.8) is 0 Å². The Labute approximate surface area is 193 Å². The van der Waals surface area contributed by atoms with Gasteiger partial charge in [-0.3, -0.25) is 19.8 Å². The zero-order chi connectivity index (χ0) is 24.2. The van der Waals surface area contributed by atoms with Crippen molar-refractivity contribution in [2.24, 2.45) is 0 Å². The van der Waals surface area contributed by atoms with E-state index in [2.05, 4.69) is 15.5 Å². The van der Waals surface area contributed by atoms with Crippen molar-refractivity contribution in [3.05, 3.63) is 24.0 Å². The topological polar surface area (TPSA) is 105 Å². The summed E-state index contributed by atoms with van der Waals surface area (Å²) < 4.78 is 14.8. The summed E-state index contributed by atoms with van der Waals surface area (Å²) in [6.07, 6.45) is 0.492. The molecule has 0 radical (unpaired) electrons. The van der Waals surface area contributed by atoms with Crippen LogP contribution in [0.1, 0.15) is 40.0 Å². The van der Waals surface area contributed by atoms with Crippen molar-refractivity contribution in [1.29, 1.82) is 0 Å². The highest BCUT2D eigenvalue weighted by atomic mass is 19.1. The second-order valence-corrected chi connectivity index (χ2v) is 9.60. The van der Waals surface area contributed by atoms with E-state index in [1.807, 2.05) is 25.7 Å². The molecule has 1 aromatic rings. The van der Waals surface area contributed by atoms with Gasteiger partial charge in [0.1, 0.15) is 11.9 Å². The predicted molar refractivity (Wildman–Crippen MR) is 124 cm³/mol. The lowest BCUT2D eigenvalue weighted by Crippen LogP contribution is -2.49. The Morgan fingerprint density at radius 1 is 1.24 bits per heavy atom. The number of halogens is 1. The third-order valence-electron chi connectivity index (χ3n) is 6.14. The van der Waals surface area contributed by atoms with Gasteiger partial charge in [0, 0.05) is 50.4 Å². The van der Waals surface area contributed by atoms with Crippen LogP contribution in [0.15, 0.2) is 18.2 Å². The molecule has 33 heavy (non-hydrogen) atoms. The van der Waals surface area contributed by atoms with Crippen LogP contribution in [0.3, 0.4) is 0 Å². The average Bonchev–Trinajstić information content (AvgIpc) is 2.73. The first kappa shape index (κ1) is 24.8. The molecule has 0 aliphatic carbocycles. The van der Waals surface area contributed by atoms with Gasteiger partial charge >= 0.3 is 6.09 Å². The molecule has 2 fully saturated rings. The molecule has 3 N–H and O–H groups in total. The average molecular weight is 464 g/mol. The van der Waals surface area contributed by atoms with Crippen LogP contribution in [0, 0.1) is 5.82 Å². The number of piperidine rings is 1. The lowest BCUT2D eigenvalue weighted by atomic mass is 10.1. The van der Waals surface area contributed by atoms with Gasteiger partial charge in [0.2, 0.25) is 11.8 Å². The predicted octanol–water partition coefficient (Wildman–Crippen LogP) is 2.33. The summed E-state index contributed by atoms with van der Waals surface area (Å²) in [6.45, 7) is 9.86. The van der Waals surface area contributed by atoms with Gasteiger partial charge in [-0.2, -0.15) is 0 Å². The first-order valence-electron chi connectivity index (χ1n) is 11.4. The lowest BCUT2D eigenvalue weighted by molar-refractivity contribution is -0.133. The van der Waals surface area contributed by atoms with Crippen molar-refractivity contribution in [1.82, 2.24) is 15.1 Å². The third-order valence-corrected chi connectivity index (χ3v) is 6.14. The SMILES string of the molecule is CC(C)(C)N(CCCN1CCN(c2ccc(NC3CCC(=O)NC3=O)cc2F)CC1)C(=O)O. The highest BCUT2D eigenvalue weighted by Gasteiger charge is 2.28. The number of anilines is 2. The number of carbonyl (C=O) groups excluding carboxylic acids is 2. The van der Waals surface area contributed by atoms with Crippen LogP contribution in [0.4, 0.5) is 20.6 Å². The molecule has 0 saturated carbocycles. The molecule has 2 saturated heterocycles. The molecule has 0 spiro atoms. The summed E-state index contributed by atoms with van der Waals surface area (Å²) in [5, 5.41) is 14.7. The van der Waals surface area contributed by atoms with Crippen LogP contribution in [0.2, 0.25) is 0 Å². The van der Waals surface area contributed by atoms with Gasteiger partial charge in [0.15, 0.2) is 0 Å². The minimum atomic E-state index is -0.904. The summed E-state index contributed by atoms with van der Waals surface area (Å²) in [6, 6.07) is 4.31. The van der Waals surface area contributed by atoms with E-state index in [-0.39, 0.29) is 24.1 Å². The summed E-state index contributed by atoms with van der Waals surface area (Å²) >= 11 is 0. The standard InChI is InChI=1S/C23H34FN5O4/c1-23(2,3)29(22(32)33)10-4-9-27-11-13-28(14-12-27)19-7-5-16(15-17(19)24)25-18-6-8-20(30)26-21(18)31/h5,7,15,18,25H,4,6,8-14H2,1-3H3,(H,32,33)(H,26,30,31). The Kier molecular flexibility index (Phi) is 7.78. The van der Waals surface area contributed by atoms with Crippen LogP contribution >= 0.6 is 0 Å². The van der Waals surface area contributed by atoms with E-state index >= 15 is 0 Å². The number of hydrogen-bond acceptors (Lipinski definition) is 6. The summed E-state index contributed by atoms with van der Waals surface area (Å²) in [5.74, 6) is -1.03. The molecule has 182 valence electrons. The first-order chi connectivity index (χ1) is 15.5. The molecule has 2 heterocycles. The Hall–Kier alpha value is -2.88. The van der Waals surface area contributed by atoms with Crippen LogP contribution in [-0.2, 0) is 9.59 Å². The number of amides is 3. The van der Waals surface area contributed by atoms with E-state index in [9.17, 15) is 23.9 Å².